The second-order valence-corrected chi connectivity index (χ2v) is 5.83. The van der Waals surface area contributed by atoms with Crippen molar-refractivity contribution >= 4 is 11.6 Å². The van der Waals surface area contributed by atoms with Crippen LogP contribution in [0.2, 0.25) is 5.02 Å². The third-order valence-corrected chi connectivity index (χ3v) is 3.84. The summed E-state index contributed by atoms with van der Waals surface area (Å²) < 4.78 is 4.04. The summed E-state index contributed by atoms with van der Waals surface area (Å²) in [5, 5.41) is 8.70. The first kappa shape index (κ1) is 16.0. The molecule has 0 amide bonds. The molecule has 1 N–H and O–H groups in total. The Morgan fingerprint density at radius 1 is 1.33 bits per heavy atom. The van der Waals surface area contributed by atoms with Crippen LogP contribution in [-0.4, -0.2) is 25.4 Å². The quantitative estimate of drug-likeness (QED) is 0.855. The fourth-order valence-corrected chi connectivity index (χ4v) is 2.56. The summed E-state index contributed by atoms with van der Waals surface area (Å²) in [6, 6.07) is 0.457. The topological polar surface area (TPSA) is 47.7 Å². The molecule has 2 aromatic rings. The lowest BCUT2D eigenvalue weighted by atomic mass is 10.3. The third kappa shape index (κ3) is 3.86. The van der Waals surface area contributed by atoms with Gasteiger partial charge in [0.05, 0.1) is 35.0 Å². The Labute approximate surface area is 131 Å². The summed E-state index contributed by atoms with van der Waals surface area (Å²) in [6.45, 7) is 10.7. The molecule has 0 aromatic carbocycles. The summed E-state index contributed by atoms with van der Waals surface area (Å²) in [5.74, 6) is 0. The number of hydrogen-bond donors (Lipinski definition) is 1. The second kappa shape index (κ2) is 7.09. The molecule has 5 nitrogen and oxygen atoms in total. The number of aryl methyl sites for hydroxylation is 2. The lowest BCUT2D eigenvalue weighted by molar-refractivity contribution is 0.581. The summed E-state index contributed by atoms with van der Waals surface area (Å²) in [7, 11) is 0. The largest absolute Gasteiger partial charge is 0.331 e. The van der Waals surface area contributed by atoms with Crippen molar-refractivity contribution in [1.82, 2.24) is 24.6 Å². The van der Waals surface area contributed by atoms with Crippen molar-refractivity contribution in [3.63, 3.8) is 0 Å². The molecule has 116 valence electrons. The van der Waals surface area contributed by atoms with Crippen LogP contribution in [0.1, 0.15) is 44.8 Å². The molecule has 0 fully saturated rings. The van der Waals surface area contributed by atoms with Gasteiger partial charge < -0.3 is 9.88 Å². The van der Waals surface area contributed by atoms with Gasteiger partial charge in [-0.2, -0.15) is 5.10 Å². The molecule has 2 aromatic heterocycles. The molecule has 0 spiro atoms. The van der Waals surface area contributed by atoms with Gasteiger partial charge in [-0.1, -0.05) is 32.4 Å². The maximum absolute atomic E-state index is 6.44. The van der Waals surface area contributed by atoms with Crippen molar-refractivity contribution in [3.8, 4) is 0 Å². The van der Waals surface area contributed by atoms with Crippen LogP contribution in [0, 0.1) is 0 Å². The Morgan fingerprint density at radius 2 is 2.10 bits per heavy atom. The Morgan fingerprint density at radius 3 is 2.71 bits per heavy atom. The molecule has 6 heteroatoms. The van der Waals surface area contributed by atoms with Crippen molar-refractivity contribution in [2.24, 2.45) is 0 Å². The molecule has 0 aliphatic carbocycles. The molecule has 0 atom stereocenters. The first-order chi connectivity index (χ1) is 10.0. The van der Waals surface area contributed by atoms with Crippen molar-refractivity contribution in [3.05, 3.63) is 34.6 Å². The van der Waals surface area contributed by atoms with E-state index in [4.69, 9.17) is 11.6 Å². The molecule has 2 heterocycles. The minimum Gasteiger partial charge on any atom is -0.331 e. The second-order valence-electron chi connectivity index (χ2n) is 5.45. The maximum Gasteiger partial charge on any atom is 0.0953 e. The summed E-state index contributed by atoms with van der Waals surface area (Å²) in [4.78, 5) is 4.42. The maximum atomic E-state index is 6.44. The fraction of sp³-hybridized carbons (Fsp3) is 0.600. The van der Waals surface area contributed by atoms with Gasteiger partial charge in [0.1, 0.15) is 0 Å². The standard InChI is InChI=1S/C15H24ClN5/c1-5-13-15(16)14(21(6-2)19-13)9-20-8-12(18-10-20)7-17-11(3)4/h8,10-11,17H,5-7,9H2,1-4H3. The van der Waals surface area contributed by atoms with Crippen LogP contribution in [0.15, 0.2) is 12.5 Å². The molecule has 0 aliphatic rings. The van der Waals surface area contributed by atoms with E-state index in [0.717, 1.165) is 41.6 Å². The van der Waals surface area contributed by atoms with E-state index in [9.17, 15) is 0 Å². The van der Waals surface area contributed by atoms with Gasteiger partial charge in [0, 0.05) is 25.3 Å². The molecule has 0 saturated carbocycles. The van der Waals surface area contributed by atoms with Gasteiger partial charge in [-0.25, -0.2) is 4.98 Å². The third-order valence-electron chi connectivity index (χ3n) is 3.40. The smallest absolute Gasteiger partial charge is 0.0953 e. The number of aromatic nitrogens is 4. The highest BCUT2D eigenvalue weighted by atomic mass is 35.5. The number of rotatable bonds is 7. The monoisotopic (exact) mass is 309 g/mol. The van der Waals surface area contributed by atoms with Crippen molar-refractivity contribution < 1.29 is 0 Å². The van der Waals surface area contributed by atoms with Gasteiger partial charge in [0.15, 0.2) is 0 Å². The van der Waals surface area contributed by atoms with E-state index in [0.29, 0.717) is 12.6 Å². The molecule has 0 radical (unpaired) electrons. The van der Waals surface area contributed by atoms with E-state index < -0.39 is 0 Å². The molecular formula is C15H24ClN5. The summed E-state index contributed by atoms with van der Waals surface area (Å²) in [6.07, 6.45) is 4.77. The van der Waals surface area contributed by atoms with Crippen LogP contribution in [0.3, 0.4) is 0 Å². The molecule has 0 unspecified atom stereocenters. The van der Waals surface area contributed by atoms with Crippen LogP contribution < -0.4 is 5.32 Å². The van der Waals surface area contributed by atoms with E-state index in [2.05, 4.69) is 53.9 Å². The average molecular weight is 310 g/mol. The van der Waals surface area contributed by atoms with E-state index in [1.165, 1.54) is 0 Å². The zero-order valence-corrected chi connectivity index (χ0v) is 14.0. The van der Waals surface area contributed by atoms with E-state index in [1.807, 2.05) is 11.0 Å². The van der Waals surface area contributed by atoms with E-state index >= 15 is 0 Å². The lowest BCUT2D eigenvalue weighted by Gasteiger charge is -2.06. The summed E-state index contributed by atoms with van der Waals surface area (Å²) >= 11 is 6.44. The van der Waals surface area contributed by atoms with Gasteiger partial charge in [-0.15, -0.1) is 0 Å². The van der Waals surface area contributed by atoms with Gasteiger partial charge >= 0.3 is 0 Å². The Kier molecular flexibility index (Phi) is 5.42. The first-order valence-electron chi connectivity index (χ1n) is 7.53. The SMILES string of the molecule is CCc1nn(CC)c(Cn2cnc(CNC(C)C)c2)c1Cl. The van der Waals surface area contributed by atoms with Crippen molar-refractivity contribution in [2.45, 2.75) is 59.8 Å². The number of nitrogens with one attached hydrogen (secondary N) is 1. The van der Waals surface area contributed by atoms with Crippen LogP contribution in [0.25, 0.3) is 0 Å². The minimum atomic E-state index is 0.457. The van der Waals surface area contributed by atoms with Gasteiger partial charge in [-0.05, 0) is 13.3 Å². The number of halogens is 1. The molecule has 2 rings (SSSR count). The van der Waals surface area contributed by atoms with Crippen LogP contribution in [0.5, 0.6) is 0 Å². The number of imidazole rings is 1. The lowest BCUT2D eigenvalue weighted by Crippen LogP contribution is -2.21. The molecule has 0 bridgehead atoms. The highest BCUT2D eigenvalue weighted by Crippen LogP contribution is 2.22. The van der Waals surface area contributed by atoms with E-state index in [1.54, 1.807) is 0 Å². The predicted octanol–water partition coefficient (Wildman–Crippen LogP) is 2.86. The van der Waals surface area contributed by atoms with Gasteiger partial charge in [-0.3, -0.25) is 4.68 Å². The molecule has 0 aliphatic heterocycles. The Balaban J connectivity index is 2.13. The zero-order valence-electron chi connectivity index (χ0n) is 13.2. The van der Waals surface area contributed by atoms with Crippen LogP contribution >= 0.6 is 11.6 Å². The summed E-state index contributed by atoms with van der Waals surface area (Å²) in [5.41, 5.74) is 3.06. The molecule has 0 saturated heterocycles. The van der Waals surface area contributed by atoms with Gasteiger partial charge in [0.25, 0.3) is 0 Å². The number of nitrogens with zero attached hydrogens (tertiary/aromatic N) is 4. The van der Waals surface area contributed by atoms with Crippen molar-refractivity contribution in [1.29, 1.82) is 0 Å². The average Bonchev–Trinajstić information content (AvgIpc) is 3.03. The fourth-order valence-electron chi connectivity index (χ4n) is 2.23. The van der Waals surface area contributed by atoms with Crippen molar-refractivity contribution in [2.75, 3.05) is 0 Å². The highest BCUT2D eigenvalue weighted by molar-refractivity contribution is 6.31. The Bertz CT molecular complexity index is 585. The predicted molar refractivity (Wildman–Crippen MR) is 85.6 cm³/mol. The minimum absolute atomic E-state index is 0.457. The van der Waals surface area contributed by atoms with E-state index in [-0.39, 0.29) is 0 Å². The highest BCUT2D eigenvalue weighted by Gasteiger charge is 2.14. The first-order valence-corrected chi connectivity index (χ1v) is 7.91. The van der Waals surface area contributed by atoms with Gasteiger partial charge in [0.2, 0.25) is 0 Å². The normalized spacial score (nSPS) is 11.5. The number of hydrogen-bond acceptors (Lipinski definition) is 3. The van der Waals surface area contributed by atoms with Crippen LogP contribution in [-0.2, 0) is 26.1 Å². The van der Waals surface area contributed by atoms with Crippen LogP contribution in [0.4, 0.5) is 0 Å². The molecule has 21 heavy (non-hydrogen) atoms. The molecular weight excluding hydrogens is 286 g/mol. The Hall–Kier alpha value is -1.33. The zero-order chi connectivity index (χ0) is 15.4.